The Hall–Kier alpha value is -2.69. The van der Waals surface area contributed by atoms with Gasteiger partial charge in [-0.3, -0.25) is 0 Å². The molecule has 0 spiro atoms. The number of aliphatic hydroxyl groups excluding tert-OH is 1. The number of hydrogen-bond acceptors (Lipinski definition) is 8. The van der Waals surface area contributed by atoms with E-state index in [4.69, 9.17) is 10.2 Å². The molecule has 2 amide bonds. The molecular formula is C17H24N6O4. The van der Waals surface area contributed by atoms with Gasteiger partial charge in [-0.2, -0.15) is 0 Å². The van der Waals surface area contributed by atoms with Gasteiger partial charge in [0.1, 0.15) is 11.8 Å². The maximum atomic E-state index is 12.3. The largest absolute Gasteiger partial charge is 0.508 e. The number of aliphatic hydroxyl groups is 1. The molecule has 27 heavy (non-hydrogen) atoms. The quantitative estimate of drug-likeness (QED) is 0.460. The first-order valence-corrected chi connectivity index (χ1v) is 8.80. The molecule has 146 valence electrons. The van der Waals surface area contributed by atoms with Gasteiger partial charge in [0.05, 0.1) is 12.6 Å². The summed E-state index contributed by atoms with van der Waals surface area (Å²) < 4.78 is 5.58. The van der Waals surface area contributed by atoms with Crippen LogP contribution in [0.25, 0.3) is 0 Å². The highest BCUT2D eigenvalue weighted by Gasteiger charge is 2.25. The number of urea groups is 1. The summed E-state index contributed by atoms with van der Waals surface area (Å²) in [6, 6.07) is 5.05. The van der Waals surface area contributed by atoms with Crippen molar-refractivity contribution in [3.63, 3.8) is 0 Å². The van der Waals surface area contributed by atoms with Crippen molar-refractivity contribution in [2.24, 2.45) is 5.73 Å². The molecule has 2 heterocycles. The standard InChI is InChI=1S/C17H24N6O4/c18-13(9-11-1-3-12(25)4-2-11)15-21-22-16(27-15)14(10-24)20-17(26)23-7-5-19-6-8-23/h1-4,13-14,19,24-25H,5-10,18H2,(H,20,26)/t13-,14-/m0/s1. The summed E-state index contributed by atoms with van der Waals surface area (Å²) in [5.74, 6) is 0.503. The molecular weight excluding hydrogens is 352 g/mol. The van der Waals surface area contributed by atoms with Gasteiger partial charge in [0, 0.05) is 26.2 Å². The number of rotatable bonds is 6. The van der Waals surface area contributed by atoms with Gasteiger partial charge in [-0.05, 0) is 24.1 Å². The Labute approximate surface area is 156 Å². The summed E-state index contributed by atoms with van der Waals surface area (Å²) in [5, 5.41) is 32.7. The number of piperazine rings is 1. The van der Waals surface area contributed by atoms with E-state index in [0.29, 0.717) is 19.5 Å². The number of benzene rings is 1. The molecule has 0 bridgehead atoms. The molecule has 1 aliphatic heterocycles. The molecule has 0 radical (unpaired) electrons. The van der Waals surface area contributed by atoms with Crippen LogP contribution in [0.1, 0.15) is 29.4 Å². The van der Waals surface area contributed by atoms with Crippen LogP contribution in [-0.4, -0.2) is 64.1 Å². The second-order valence-electron chi connectivity index (χ2n) is 6.38. The summed E-state index contributed by atoms with van der Waals surface area (Å²) in [5.41, 5.74) is 7.02. The third kappa shape index (κ3) is 4.94. The van der Waals surface area contributed by atoms with Gasteiger partial charge in [-0.15, -0.1) is 10.2 Å². The van der Waals surface area contributed by atoms with Crippen molar-refractivity contribution < 1.29 is 19.4 Å². The molecule has 6 N–H and O–H groups in total. The SMILES string of the molecule is N[C@@H](Cc1ccc(O)cc1)c1nnc([C@H](CO)NC(=O)N2CCNCC2)o1. The van der Waals surface area contributed by atoms with Crippen molar-refractivity contribution in [3.8, 4) is 5.75 Å². The number of hydrogen-bond donors (Lipinski definition) is 5. The number of nitrogens with two attached hydrogens (primary N) is 1. The molecule has 1 saturated heterocycles. The van der Waals surface area contributed by atoms with E-state index in [-0.39, 0.29) is 30.2 Å². The summed E-state index contributed by atoms with van der Waals surface area (Å²) >= 11 is 0. The van der Waals surface area contributed by atoms with Crippen LogP contribution in [0.3, 0.4) is 0 Å². The third-order valence-electron chi connectivity index (χ3n) is 4.35. The van der Waals surface area contributed by atoms with Gasteiger partial charge in [0.15, 0.2) is 0 Å². The number of phenols is 1. The van der Waals surface area contributed by atoms with E-state index < -0.39 is 12.1 Å². The normalized spacial score (nSPS) is 16.7. The highest BCUT2D eigenvalue weighted by Crippen LogP contribution is 2.19. The minimum Gasteiger partial charge on any atom is -0.508 e. The number of phenolic OH excluding ortho intramolecular Hbond substituents is 1. The molecule has 1 aromatic heterocycles. The maximum Gasteiger partial charge on any atom is 0.318 e. The number of aromatic hydroxyl groups is 1. The van der Waals surface area contributed by atoms with Crippen LogP contribution >= 0.6 is 0 Å². The van der Waals surface area contributed by atoms with Crippen LogP contribution in [0, 0.1) is 0 Å². The number of amides is 2. The van der Waals surface area contributed by atoms with Crippen LogP contribution in [0.4, 0.5) is 4.79 Å². The fraction of sp³-hybridized carbons (Fsp3) is 0.471. The number of nitrogens with zero attached hydrogens (tertiary/aromatic N) is 3. The number of carbonyl (C=O) groups is 1. The highest BCUT2D eigenvalue weighted by atomic mass is 16.4. The zero-order valence-electron chi connectivity index (χ0n) is 14.8. The molecule has 1 aliphatic rings. The number of aromatic nitrogens is 2. The van der Waals surface area contributed by atoms with Crippen LogP contribution in [0.5, 0.6) is 5.75 Å². The van der Waals surface area contributed by atoms with E-state index in [1.54, 1.807) is 29.2 Å². The molecule has 10 heteroatoms. The van der Waals surface area contributed by atoms with Crippen molar-refractivity contribution >= 4 is 6.03 Å². The minimum absolute atomic E-state index is 0.108. The predicted octanol–water partition coefficient (Wildman–Crippen LogP) is -0.334. The van der Waals surface area contributed by atoms with Gasteiger partial charge < -0.3 is 35.9 Å². The highest BCUT2D eigenvalue weighted by molar-refractivity contribution is 5.74. The number of carbonyl (C=O) groups excluding carboxylic acids is 1. The van der Waals surface area contributed by atoms with Crippen molar-refractivity contribution in [2.45, 2.75) is 18.5 Å². The predicted molar refractivity (Wildman–Crippen MR) is 95.8 cm³/mol. The lowest BCUT2D eigenvalue weighted by Crippen LogP contribution is -2.51. The molecule has 0 saturated carbocycles. The molecule has 1 fully saturated rings. The molecule has 0 aliphatic carbocycles. The van der Waals surface area contributed by atoms with Crippen LogP contribution < -0.4 is 16.4 Å². The summed E-state index contributed by atoms with van der Waals surface area (Å²) in [6.45, 7) is 2.28. The van der Waals surface area contributed by atoms with E-state index in [1.165, 1.54) is 0 Å². The van der Waals surface area contributed by atoms with Crippen LogP contribution in [-0.2, 0) is 6.42 Å². The molecule has 2 atom stereocenters. The lowest BCUT2D eigenvalue weighted by atomic mass is 10.1. The van der Waals surface area contributed by atoms with E-state index in [9.17, 15) is 15.0 Å². The Bertz CT molecular complexity index is 744. The zero-order chi connectivity index (χ0) is 19.2. The first-order valence-electron chi connectivity index (χ1n) is 8.80. The van der Waals surface area contributed by atoms with Gasteiger partial charge in [-0.25, -0.2) is 4.79 Å². The lowest BCUT2D eigenvalue weighted by Gasteiger charge is -2.28. The van der Waals surface area contributed by atoms with Crippen LogP contribution in [0.15, 0.2) is 28.7 Å². The van der Waals surface area contributed by atoms with Gasteiger partial charge in [-0.1, -0.05) is 12.1 Å². The van der Waals surface area contributed by atoms with E-state index >= 15 is 0 Å². The Kier molecular flexibility index (Phi) is 6.22. The number of nitrogens with one attached hydrogen (secondary N) is 2. The second-order valence-corrected chi connectivity index (χ2v) is 6.38. The van der Waals surface area contributed by atoms with E-state index in [1.807, 2.05) is 0 Å². The summed E-state index contributed by atoms with van der Waals surface area (Å²) in [4.78, 5) is 14.0. The molecule has 10 nitrogen and oxygen atoms in total. The van der Waals surface area contributed by atoms with Gasteiger partial charge in [0.25, 0.3) is 0 Å². The van der Waals surface area contributed by atoms with Gasteiger partial charge in [0.2, 0.25) is 11.8 Å². The molecule has 1 aromatic carbocycles. The van der Waals surface area contributed by atoms with Crippen molar-refractivity contribution in [3.05, 3.63) is 41.6 Å². The Balaban J connectivity index is 1.61. The molecule has 0 unspecified atom stereocenters. The van der Waals surface area contributed by atoms with E-state index in [0.717, 1.165) is 18.7 Å². The molecule has 3 rings (SSSR count). The molecule has 2 aromatic rings. The van der Waals surface area contributed by atoms with Crippen molar-refractivity contribution in [1.29, 1.82) is 0 Å². The minimum atomic E-state index is -0.797. The first-order chi connectivity index (χ1) is 13.1. The van der Waals surface area contributed by atoms with Gasteiger partial charge >= 0.3 is 6.03 Å². The first kappa shape index (κ1) is 19.1. The van der Waals surface area contributed by atoms with Crippen molar-refractivity contribution in [2.75, 3.05) is 32.8 Å². The monoisotopic (exact) mass is 376 g/mol. The Morgan fingerprint density at radius 1 is 1.26 bits per heavy atom. The smallest absolute Gasteiger partial charge is 0.318 e. The maximum absolute atomic E-state index is 12.3. The topological polar surface area (TPSA) is 150 Å². The van der Waals surface area contributed by atoms with Crippen molar-refractivity contribution in [1.82, 2.24) is 25.7 Å². The Morgan fingerprint density at radius 3 is 2.59 bits per heavy atom. The van der Waals surface area contributed by atoms with Crippen LogP contribution in [0.2, 0.25) is 0 Å². The average molecular weight is 376 g/mol. The third-order valence-corrected chi connectivity index (χ3v) is 4.35. The second kappa shape index (κ2) is 8.80. The Morgan fingerprint density at radius 2 is 1.93 bits per heavy atom. The fourth-order valence-corrected chi connectivity index (χ4v) is 2.80. The fourth-order valence-electron chi connectivity index (χ4n) is 2.80. The lowest BCUT2D eigenvalue weighted by molar-refractivity contribution is 0.169. The van der Waals surface area contributed by atoms with E-state index in [2.05, 4.69) is 20.8 Å². The zero-order valence-corrected chi connectivity index (χ0v) is 14.8. The average Bonchev–Trinajstić information content (AvgIpc) is 3.18. The summed E-state index contributed by atoms with van der Waals surface area (Å²) in [7, 11) is 0. The summed E-state index contributed by atoms with van der Waals surface area (Å²) in [6.07, 6.45) is 0.443.